The predicted octanol–water partition coefficient (Wildman–Crippen LogP) is 3.06. The molecule has 1 aromatic carbocycles. The molecule has 1 fully saturated rings. The van der Waals surface area contributed by atoms with Gasteiger partial charge in [0, 0.05) is 29.3 Å². The molecule has 1 unspecified atom stereocenters. The molecule has 0 radical (unpaired) electrons. The number of halogens is 1. The highest BCUT2D eigenvalue weighted by Crippen LogP contribution is 2.32. The van der Waals surface area contributed by atoms with Crippen LogP contribution in [-0.2, 0) is 4.74 Å². The van der Waals surface area contributed by atoms with Gasteiger partial charge in [0.25, 0.3) is 0 Å². The maximum absolute atomic E-state index is 13.8. The fraction of sp³-hybridized carbons (Fsp3) is 0.357. The molecule has 2 aromatic rings. The van der Waals surface area contributed by atoms with Crippen molar-refractivity contribution in [1.82, 2.24) is 4.98 Å². The van der Waals surface area contributed by atoms with Crippen LogP contribution in [0.2, 0.25) is 0 Å². The number of ether oxygens (including phenoxy) is 1. The lowest BCUT2D eigenvalue weighted by Crippen LogP contribution is -2.34. The maximum atomic E-state index is 13.8. The van der Waals surface area contributed by atoms with Gasteiger partial charge in [-0.25, -0.2) is 4.39 Å². The Morgan fingerprint density at radius 1 is 1.50 bits per heavy atom. The van der Waals surface area contributed by atoms with Crippen LogP contribution in [0.25, 0.3) is 10.9 Å². The van der Waals surface area contributed by atoms with Gasteiger partial charge in [-0.3, -0.25) is 4.79 Å². The SMILES string of the molecule is CC1(C(=O)c2c[nH]c3cccc(F)c23)CCCO1. The average Bonchev–Trinajstić information content (AvgIpc) is 2.96. The number of aromatic amines is 1. The largest absolute Gasteiger partial charge is 0.367 e. The summed E-state index contributed by atoms with van der Waals surface area (Å²) in [6.45, 7) is 2.37. The third-order valence-corrected chi connectivity index (χ3v) is 3.60. The summed E-state index contributed by atoms with van der Waals surface area (Å²) in [5, 5.41) is 0.360. The van der Waals surface area contributed by atoms with E-state index in [1.165, 1.54) is 6.07 Å². The van der Waals surface area contributed by atoms with E-state index in [1.807, 2.05) is 0 Å². The summed E-state index contributed by atoms with van der Waals surface area (Å²) in [4.78, 5) is 15.4. The Bertz CT molecular complexity index is 611. The van der Waals surface area contributed by atoms with E-state index in [2.05, 4.69) is 4.98 Å². The monoisotopic (exact) mass is 247 g/mol. The van der Waals surface area contributed by atoms with Gasteiger partial charge in [0.1, 0.15) is 11.4 Å². The molecule has 3 nitrogen and oxygen atoms in total. The summed E-state index contributed by atoms with van der Waals surface area (Å²) in [7, 11) is 0. The number of rotatable bonds is 2. The molecular weight excluding hydrogens is 233 g/mol. The molecule has 4 heteroatoms. The standard InChI is InChI=1S/C14H14FNO2/c1-14(6-3-7-18-14)13(17)9-8-16-11-5-2-4-10(15)12(9)11/h2,4-5,8,16H,3,6-7H2,1H3. The van der Waals surface area contributed by atoms with Crippen LogP contribution < -0.4 is 0 Å². The number of Topliss-reactive ketones (excluding diaryl/α,β-unsaturated/α-hetero) is 1. The Hall–Kier alpha value is -1.68. The molecule has 1 saturated heterocycles. The molecule has 1 atom stereocenters. The van der Waals surface area contributed by atoms with Crippen molar-refractivity contribution in [2.24, 2.45) is 0 Å². The number of benzene rings is 1. The van der Waals surface area contributed by atoms with Crippen LogP contribution in [0, 0.1) is 5.82 Å². The first-order chi connectivity index (χ1) is 8.62. The van der Waals surface area contributed by atoms with E-state index in [0.29, 0.717) is 29.5 Å². The molecule has 3 rings (SSSR count). The Morgan fingerprint density at radius 2 is 2.33 bits per heavy atom. The quantitative estimate of drug-likeness (QED) is 0.829. The molecule has 2 heterocycles. The third-order valence-electron chi connectivity index (χ3n) is 3.60. The molecular formula is C14H14FNO2. The minimum absolute atomic E-state index is 0.142. The summed E-state index contributed by atoms with van der Waals surface area (Å²) < 4.78 is 19.4. The summed E-state index contributed by atoms with van der Waals surface area (Å²) in [5.41, 5.74) is 0.213. The van der Waals surface area contributed by atoms with Gasteiger partial charge in [0.05, 0.1) is 0 Å². The molecule has 0 bridgehead atoms. The molecule has 0 amide bonds. The Balaban J connectivity index is 2.12. The van der Waals surface area contributed by atoms with Crippen LogP contribution in [0.4, 0.5) is 4.39 Å². The second kappa shape index (κ2) is 3.92. The molecule has 1 N–H and O–H groups in total. The Morgan fingerprint density at radius 3 is 3.06 bits per heavy atom. The first-order valence-corrected chi connectivity index (χ1v) is 6.06. The Labute approximate surface area is 104 Å². The molecule has 1 aromatic heterocycles. The number of hydrogen-bond acceptors (Lipinski definition) is 2. The normalized spacial score (nSPS) is 23.7. The van der Waals surface area contributed by atoms with Crippen molar-refractivity contribution in [3.63, 3.8) is 0 Å². The summed E-state index contributed by atoms with van der Waals surface area (Å²) in [6.07, 6.45) is 3.13. The van der Waals surface area contributed by atoms with Crippen LogP contribution >= 0.6 is 0 Å². The molecule has 94 valence electrons. The third kappa shape index (κ3) is 1.56. The van der Waals surface area contributed by atoms with Crippen molar-refractivity contribution in [3.8, 4) is 0 Å². The van der Waals surface area contributed by atoms with Gasteiger partial charge in [-0.15, -0.1) is 0 Å². The van der Waals surface area contributed by atoms with E-state index < -0.39 is 5.60 Å². The van der Waals surface area contributed by atoms with Crippen molar-refractivity contribution in [3.05, 3.63) is 35.8 Å². The van der Waals surface area contributed by atoms with Gasteiger partial charge in [-0.2, -0.15) is 0 Å². The molecule has 0 saturated carbocycles. The van der Waals surface area contributed by atoms with E-state index in [1.54, 1.807) is 25.3 Å². The number of aromatic nitrogens is 1. The van der Waals surface area contributed by atoms with Crippen molar-refractivity contribution < 1.29 is 13.9 Å². The van der Waals surface area contributed by atoms with Crippen molar-refractivity contribution in [2.75, 3.05) is 6.61 Å². The van der Waals surface area contributed by atoms with Gasteiger partial charge in [-0.05, 0) is 31.9 Å². The number of carbonyl (C=O) groups is 1. The number of fused-ring (bicyclic) bond motifs is 1. The topological polar surface area (TPSA) is 42.1 Å². The molecule has 1 aliphatic heterocycles. The lowest BCUT2D eigenvalue weighted by molar-refractivity contribution is 0.0215. The van der Waals surface area contributed by atoms with Crippen LogP contribution in [0.1, 0.15) is 30.1 Å². The van der Waals surface area contributed by atoms with Gasteiger partial charge in [-0.1, -0.05) is 6.07 Å². The number of nitrogens with one attached hydrogen (secondary N) is 1. The van der Waals surface area contributed by atoms with E-state index in [-0.39, 0.29) is 11.6 Å². The zero-order valence-corrected chi connectivity index (χ0v) is 10.1. The Kier molecular flexibility index (Phi) is 2.48. The van der Waals surface area contributed by atoms with Gasteiger partial charge in [0.15, 0.2) is 5.78 Å². The second-order valence-electron chi connectivity index (χ2n) is 4.88. The number of H-pyrrole nitrogens is 1. The lowest BCUT2D eigenvalue weighted by Gasteiger charge is -2.20. The van der Waals surface area contributed by atoms with Gasteiger partial charge in [0.2, 0.25) is 0 Å². The molecule has 0 aliphatic carbocycles. The average molecular weight is 247 g/mol. The summed E-state index contributed by atoms with van der Waals surface area (Å²) in [5.74, 6) is -0.518. The minimum Gasteiger partial charge on any atom is -0.367 e. The van der Waals surface area contributed by atoms with Crippen LogP contribution in [0.5, 0.6) is 0 Å². The van der Waals surface area contributed by atoms with Crippen LogP contribution in [0.15, 0.2) is 24.4 Å². The number of carbonyl (C=O) groups excluding carboxylic acids is 1. The highest BCUT2D eigenvalue weighted by Gasteiger charge is 2.39. The van der Waals surface area contributed by atoms with E-state index >= 15 is 0 Å². The van der Waals surface area contributed by atoms with E-state index in [9.17, 15) is 9.18 Å². The highest BCUT2D eigenvalue weighted by atomic mass is 19.1. The predicted molar refractivity (Wildman–Crippen MR) is 66.2 cm³/mol. The fourth-order valence-electron chi connectivity index (χ4n) is 2.56. The minimum atomic E-state index is -0.808. The van der Waals surface area contributed by atoms with Crippen molar-refractivity contribution >= 4 is 16.7 Å². The number of hydrogen-bond donors (Lipinski definition) is 1. The highest BCUT2D eigenvalue weighted by molar-refractivity contribution is 6.11. The number of ketones is 1. The van der Waals surface area contributed by atoms with Crippen LogP contribution in [-0.4, -0.2) is 23.0 Å². The smallest absolute Gasteiger partial charge is 0.196 e. The van der Waals surface area contributed by atoms with Crippen LogP contribution in [0.3, 0.4) is 0 Å². The zero-order chi connectivity index (χ0) is 12.8. The van der Waals surface area contributed by atoms with Gasteiger partial charge >= 0.3 is 0 Å². The first kappa shape index (κ1) is 11.4. The molecule has 1 aliphatic rings. The zero-order valence-electron chi connectivity index (χ0n) is 10.1. The maximum Gasteiger partial charge on any atom is 0.196 e. The molecule has 18 heavy (non-hydrogen) atoms. The van der Waals surface area contributed by atoms with E-state index in [4.69, 9.17) is 4.74 Å². The van der Waals surface area contributed by atoms with Crippen molar-refractivity contribution in [1.29, 1.82) is 0 Å². The lowest BCUT2D eigenvalue weighted by atomic mass is 9.92. The van der Waals surface area contributed by atoms with E-state index in [0.717, 1.165) is 6.42 Å². The summed E-state index contributed by atoms with van der Waals surface area (Å²) in [6, 6.07) is 4.74. The fourth-order valence-corrected chi connectivity index (χ4v) is 2.56. The first-order valence-electron chi connectivity index (χ1n) is 6.06. The van der Waals surface area contributed by atoms with Crippen molar-refractivity contribution in [2.45, 2.75) is 25.4 Å². The molecule has 0 spiro atoms. The van der Waals surface area contributed by atoms with Gasteiger partial charge < -0.3 is 9.72 Å². The second-order valence-corrected chi connectivity index (χ2v) is 4.88. The summed E-state index contributed by atoms with van der Waals surface area (Å²) >= 11 is 0.